The average molecular weight is 215 g/mol. The Kier molecular flexibility index (Phi) is 3.93. The van der Waals surface area contributed by atoms with Crippen LogP contribution in [-0.4, -0.2) is 16.3 Å². The molecule has 2 unspecified atom stereocenters. The van der Waals surface area contributed by atoms with Gasteiger partial charge >= 0.3 is 0 Å². The molecule has 0 bridgehead atoms. The van der Waals surface area contributed by atoms with E-state index >= 15 is 0 Å². The van der Waals surface area contributed by atoms with Crippen LogP contribution in [0.3, 0.4) is 0 Å². The SMILES string of the molecule is CCC(O)C(O)c1cc(C)ccc1Cl. The smallest absolute Gasteiger partial charge is 0.106 e. The molecular formula is C11H15ClO2. The van der Waals surface area contributed by atoms with Crippen LogP contribution in [0, 0.1) is 6.92 Å². The van der Waals surface area contributed by atoms with Gasteiger partial charge in [0.1, 0.15) is 6.10 Å². The monoisotopic (exact) mass is 214 g/mol. The topological polar surface area (TPSA) is 40.5 Å². The third kappa shape index (κ3) is 2.47. The van der Waals surface area contributed by atoms with Gasteiger partial charge in [0, 0.05) is 10.6 Å². The van der Waals surface area contributed by atoms with Gasteiger partial charge in [-0.3, -0.25) is 0 Å². The zero-order valence-electron chi connectivity index (χ0n) is 8.37. The van der Waals surface area contributed by atoms with Crippen LogP contribution < -0.4 is 0 Å². The molecule has 0 amide bonds. The third-order valence-corrected chi connectivity index (χ3v) is 2.60. The van der Waals surface area contributed by atoms with Gasteiger partial charge in [-0.05, 0) is 19.4 Å². The summed E-state index contributed by atoms with van der Waals surface area (Å²) >= 11 is 5.92. The quantitative estimate of drug-likeness (QED) is 0.812. The molecule has 14 heavy (non-hydrogen) atoms. The highest BCUT2D eigenvalue weighted by Gasteiger charge is 2.18. The Morgan fingerprint density at radius 3 is 2.57 bits per heavy atom. The van der Waals surface area contributed by atoms with E-state index < -0.39 is 12.2 Å². The summed E-state index contributed by atoms with van der Waals surface area (Å²) < 4.78 is 0. The molecule has 0 aliphatic heterocycles. The van der Waals surface area contributed by atoms with Gasteiger partial charge in [-0.15, -0.1) is 0 Å². The molecule has 0 aliphatic rings. The van der Waals surface area contributed by atoms with Crippen LogP contribution in [-0.2, 0) is 0 Å². The van der Waals surface area contributed by atoms with Crippen LogP contribution in [0.2, 0.25) is 5.02 Å². The van der Waals surface area contributed by atoms with Gasteiger partial charge in [0.05, 0.1) is 6.10 Å². The number of aliphatic hydroxyl groups is 2. The van der Waals surface area contributed by atoms with Crippen LogP contribution >= 0.6 is 11.6 Å². The molecule has 1 rings (SSSR count). The molecule has 1 aromatic carbocycles. The first kappa shape index (κ1) is 11.5. The number of hydrogen-bond acceptors (Lipinski definition) is 2. The summed E-state index contributed by atoms with van der Waals surface area (Å²) in [5.74, 6) is 0. The largest absolute Gasteiger partial charge is 0.390 e. The lowest BCUT2D eigenvalue weighted by molar-refractivity contribution is 0.0165. The molecule has 78 valence electrons. The minimum absolute atomic E-state index is 0.496. The lowest BCUT2D eigenvalue weighted by Crippen LogP contribution is -2.17. The van der Waals surface area contributed by atoms with Crippen molar-refractivity contribution in [3.63, 3.8) is 0 Å². The second-order valence-corrected chi connectivity index (χ2v) is 3.85. The Bertz CT molecular complexity index is 312. The van der Waals surface area contributed by atoms with E-state index in [4.69, 9.17) is 11.6 Å². The Balaban J connectivity index is 2.99. The first-order valence-electron chi connectivity index (χ1n) is 4.68. The number of halogens is 1. The molecule has 1 aromatic rings. The van der Waals surface area contributed by atoms with Crippen molar-refractivity contribution in [1.82, 2.24) is 0 Å². The van der Waals surface area contributed by atoms with Crippen molar-refractivity contribution in [1.29, 1.82) is 0 Å². The van der Waals surface area contributed by atoms with Gasteiger partial charge in [0.25, 0.3) is 0 Å². The standard InChI is InChI=1S/C11H15ClO2/c1-3-10(13)11(14)8-6-7(2)4-5-9(8)12/h4-6,10-11,13-14H,3H2,1-2H3. The summed E-state index contributed by atoms with van der Waals surface area (Å²) in [7, 11) is 0. The summed E-state index contributed by atoms with van der Waals surface area (Å²) in [5, 5.41) is 19.7. The second kappa shape index (κ2) is 4.78. The van der Waals surface area contributed by atoms with Gasteiger partial charge in [0.15, 0.2) is 0 Å². The summed E-state index contributed by atoms with van der Waals surface area (Å²) in [4.78, 5) is 0. The van der Waals surface area contributed by atoms with Crippen LogP contribution in [0.5, 0.6) is 0 Å². The van der Waals surface area contributed by atoms with E-state index in [9.17, 15) is 10.2 Å². The van der Waals surface area contributed by atoms with Crippen molar-refractivity contribution in [2.24, 2.45) is 0 Å². The molecule has 0 saturated heterocycles. The fourth-order valence-corrected chi connectivity index (χ4v) is 1.55. The van der Waals surface area contributed by atoms with Crippen molar-refractivity contribution in [2.45, 2.75) is 32.5 Å². The number of rotatable bonds is 3. The Morgan fingerprint density at radius 1 is 1.36 bits per heavy atom. The van der Waals surface area contributed by atoms with Crippen LogP contribution in [0.15, 0.2) is 18.2 Å². The normalized spacial score (nSPS) is 15.2. The molecule has 0 radical (unpaired) electrons. The van der Waals surface area contributed by atoms with Gasteiger partial charge in [0.2, 0.25) is 0 Å². The molecule has 3 heteroatoms. The van der Waals surface area contributed by atoms with Gasteiger partial charge in [-0.2, -0.15) is 0 Å². The van der Waals surface area contributed by atoms with Crippen molar-refractivity contribution in [3.8, 4) is 0 Å². The summed E-state index contributed by atoms with van der Waals surface area (Å²) in [6, 6.07) is 5.40. The number of benzene rings is 1. The van der Waals surface area contributed by atoms with Gasteiger partial charge in [-0.25, -0.2) is 0 Å². The Morgan fingerprint density at radius 2 is 2.00 bits per heavy atom. The van der Waals surface area contributed by atoms with Crippen molar-refractivity contribution >= 4 is 11.6 Å². The highest BCUT2D eigenvalue weighted by atomic mass is 35.5. The predicted molar refractivity (Wildman–Crippen MR) is 57.4 cm³/mol. The fraction of sp³-hybridized carbons (Fsp3) is 0.455. The molecule has 0 aromatic heterocycles. The lowest BCUT2D eigenvalue weighted by atomic mass is 10.0. The van der Waals surface area contributed by atoms with Gasteiger partial charge in [-0.1, -0.05) is 36.2 Å². The molecule has 0 heterocycles. The van der Waals surface area contributed by atoms with E-state index in [0.717, 1.165) is 5.56 Å². The highest BCUT2D eigenvalue weighted by Crippen LogP contribution is 2.27. The summed E-state index contributed by atoms with van der Waals surface area (Å²) in [5.41, 5.74) is 1.62. The summed E-state index contributed by atoms with van der Waals surface area (Å²) in [6.45, 7) is 3.74. The van der Waals surface area contributed by atoms with Crippen molar-refractivity contribution in [2.75, 3.05) is 0 Å². The summed E-state index contributed by atoms with van der Waals surface area (Å²) in [6.07, 6.45) is -1.15. The second-order valence-electron chi connectivity index (χ2n) is 3.45. The van der Waals surface area contributed by atoms with Crippen LogP contribution in [0.1, 0.15) is 30.6 Å². The van der Waals surface area contributed by atoms with E-state index in [1.165, 1.54) is 0 Å². The van der Waals surface area contributed by atoms with E-state index in [-0.39, 0.29) is 0 Å². The molecule has 2 atom stereocenters. The third-order valence-electron chi connectivity index (χ3n) is 2.25. The van der Waals surface area contributed by atoms with Crippen LogP contribution in [0.25, 0.3) is 0 Å². The zero-order valence-corrected chi connectivity index (χ0v) is 9.12. The molecule has 2 N–H and O–H groups in total. The predicted octanol–water partition coefficient (Wildman–Crippen LogP) is 2.45. The molecule has 0 aliphatic carbocycles. The zero-order chi connectivity index (χ0) is 10.7. The molecule has 0 saturated carbocycles. The Labute approximate surface area is 89.1 Å². The number of aryl methyl sites for hydroxylation is 1. The van der Waals surface area contributed by atoms with Crippen molar-refractivity contribution < 1.29 is 10.2 Å². The molecule has 0 spiro atoms. The number of aliphatic hydroxyl groups excluding tert-OH is 2. The minimum atomic E-state index is -0.896. The first-order valence-corrected chi connectivity index (χ1v) is 5.06. The van der Waals surface area contributed by atoms with Crippen molar-refractivity contribution in [3.05, 3.63) is 34.3 Å². The average Bonchev–Trinajstić information content (AvgIpc) is 2.19. The maximum atomic E-state index is 9.76. The lowest BCUT2D eigenvalue weighted by Gasteiger charge is -2.18. The van der Waals surface area contributed by atoms with Gasteiger partial charge < -0.3 is 10.2 Å². The molecule has 2 nitrogen and oxygen atoms in total. The minimum Gasteiger partial charge on any atom is -0.390 e. The Hall–Kier alpha value is -0.570. The van der Waals surface area contributed by atoms with Crippen LogP contribution in [0.4, 0.5) is 0 Å². The number of hydrogen-bond donors (Lipinski definition) is 2. The van der Waals surface area contributed by atoms with E-state index in [0.29, 0.717) is 17.0 Å². The molecular weight excluding hydrogens is 200 g/mol. The van der Waals surface area contributed by atoms with E-state index in [1.54, 1.807) is 12.1 Å². The van der Waals surface area contributed by atoms with E-state index in [1.807, 2.05) is 19.9 Å². The first-order chi connectivity index (χ1) is 6.56. The maximum absolute atomic E-state index is 9.76. The maximum Gasteiger partial charge on any atom is 0.106 e. The van der Waals surface area contributed by atoms with E-state index in [2.05, 4.69) is 0 Å². The fourth-order valence-electron chi connectivity index (χ4n) is 1.32. The molecule has 0 fully saturated rings. The highest BCUT2D eigenvalue weighted by molar-refractivity contribution is 6.31.